The second kappa shape index (κ2) is 13.9. The number of ether oxygens (including phenoxy) is 2. The highest BCUT2D eigenvalue weighted by Gasteiger charge is 2.54. The zero-order valence-electron chi connectivity index (χ0n) is 30.2. The van der Waals surface area contributed by atoms with Crippen molar-refractivity contribution in [2.75, 3.05) is 20.2 Å². The summed E-state index contributed by atoms with van der Waals surface area (Å²) < 4.78 is 28.5. The second-order valence-electron chi connectivity index (χ2n) is 15.7. The Morgan fingerprint density at radius 3 is 2.35 bits per heavy atom. The minimum absolute atomic E-state index is 0.0211. The van der Waals surface area contributed by atoms with E-state index in [1.54, 1.807) is 18.2 Å². The molecule has 8 rings (SSSR count). The number of benzene rings is 1. The minimum Gasteiger partial charge on any atom is -0.496 e. The number of pyridine rings is 1. The van der Waals surface area contributed by atoms with Crippen LogP contribution in [0.1, 0.15) is 107 Å². The molecule has 2 amide bonds. The van der Waals surface area contributed by atoms with Gasteiger partial charge in [-0.2, -0.15) is 10.4 Å². The van der Waals surface area contributed by atoms with Gasteiger partial charge in [-0.05, 0) is 119 Å². The first kappa shape index (κ1) is 35.0. The van der Waals surface area contributed by atoms with Crippen LogP contribution in [0.3, 0.4) is 0 Å². The number of methoxy groups -OCH3 is 1. The van der Waals surface area contributed by atoms with Crippen molar-refractivity contribution in [3.05, 3.63) is 65.5 Å². The summed E-state index contributed by atoms with van der Waals surface area (Å²) in [6.45, 7) is 6.98. The summed E-state index contributed by atoms with van der Waals surface area (Å²) in [5, 5.41) is 17.0. The first-order valence-corrected chi connectivity index (χ1v) is 18.5. The van der Waals surface area contributed by atoms with Gasteiger partial charge in [-0.15, -0.1) is 0 Å². The van der Waals surface area contributed by atoms with Crippen molar-refractivity contribution in [3.8, 4) is 22.9 Å². The van der Waals surface area contributed by atoms with E-state index in [0.29, 0.717) is 55.6 Å². The molecular weight excluding hydrogens is 647 g/mol. The summed E-state index contributed by atoms with van der Waals surface area (Å²) in [5.41, 5.74) is 4.16. The van der Waals surface area contributed by atoms with Crippen molar-refractivity contribution in [2.24, 2.45) is 17.3 Å². The molecule has 1 atom stereocenters. The van der Waals surface area contributed by atoms with E-state index in [0.717, 1.165) is 49.8 Å². The molecule has 3 heterocycles. The van der Waals surface area contributed by atoms with E-state index in [1.807, 2.05) is 30.8 Å². The van der Waals surface area contributed by atoms with Gasteiger partial charge in [0, 0.05) is 42.4 Å². The normalized spacial score (nSPS) is 26.6. The van der Waals surface area contributed by atoms with Crippen LogP contribution in [-0.2, 0) is 14.9 Å². The van der Waals surface area contributed by atoms with E-state index >= 15 is 4.39 Å². The van der Waals surface area contributed by atoms with E-state index in [-0.39, 0.29) is 52.9 Å². The van der Waals surface area contributed by atoms with E-state index in [2.05, 4.69) is 46.6 Å². The Labute approximate surface area is 299 Å². The molecule has 10 nitrogen and oxygen atoms in total. The first-order chi connectivity index (χ1) is 24.5. The van der Waals surface area contributed by atoms with Gasteiger partial charge >= 0.3 is 6.09 Å². The number of nitrogens with one attached hydrogen (secondary N) is 1. The molecule has 1 N–H and O–H groups in total. The number of nitriles is 1. The average Bonchev–Trinajstić information content (AvgIpc) is 3.62. The Kier molecular flexibility index (Phi) is 9.55. The molecule has 1 aliphatic heterocycles. The molecule has 3 aromatic rings. The van der Waals surface area contributed by atoms with Crippen molar-refractivity contribution in [1.82, 2.24) is 25.0 Å². The number of likely N-dealkylation sites (tertiary alicyclic amines) is 1. The number of carbonyl (C=O) groups excluding carboxylic acids is 2. The fourth-order valence-corrected chi connectivity index (χ4v) is 9.05. The van der Waals surface area contributed by atoms with E-state index in [9.17, 15) is 9.59 Å². The third kappa shape index (κ3) is 6.70. The lowest BCUT2D eigenvalue weighted by molar-refractivity contribution is -0.129. The molecule has 0 spiro atoms. The molecule has 11 heteroatoms. The molecule has 1 aromatic carbocycles. The molecule has 2 aromatic heterocycles. The van der Waals surface area contributed by atoms with Crippen LogP contribution in [0.5, 0.6) is 5.75 Å². The van der Waals surface area contributed by atoms with E-state index in [1.165, 1.54) is 11.8 Å². The molecule has 0 radical (unpaired) electrons. The second-order valence-corrected chi connectivity index (χ2v) is 15.7. The lowest BCUT2D eigenvalue weighted by Crippen LogP contribution is -2.52. The standard InChI is InChI=1S/C40H49FN6O4/c1-25(2)47-24-29(20-44-47)32-18-34(43-21-33(32)41)36(40-14-11-39(12-15-40,13-16-40)30-7-10-35(50-4)26(3)17-30)45-37(48)28-5-8-31(9-6-28)51-38(49)46-22-27(19-42)23-46/h7,10,17-18,20-21,24-25,27-28,31,36H,5-6,8-9,11-16,22-23H2,1-4H3,(H,45,48). The fourth-order valence-electron chi connectivity index (χ4n) is 9.05. The number of amides is 2. The number of halogens is 1. The predicted molar refractivity (Wildman–Crippen MR) is 189 cm³/mol. The molecule has 270 valence electrons. The maximum Gasteiger partial charge on any atom is 0.410 e. The van der Waals surface area contributed by atoms with Crippen LogP contribution < -0.4 is 10.1 Å². The van der Waals surface area contributed by atoms with Crippen molar-refractivity contribution in [2.45, 2.75) is 109 Å². The Morgan fingerprint density at radius 2 is 1.75 bits per heavy atom. The number of hydrogen-bond donors (Lipinski definition) is 1. The Morgan fingerprint density at radius 1 is 1.04 bits per heavy atom. The van der Waals surface area contributed by atoms with Crippen LogP contribution in [0.2, 0.25) is 0 Å². The summed E-state index contributed by atoms with van der Waals surface area (Å²) in [4.78, 5) is 32.9. The van der Waals surface area contributed by atoms with E-state index < -0.39 is 5.82 Å². The van der Waals surface area contributed by atoms with Crippen molar-refractivity contribution in [3.63, 3.8) is 0 Å². The summed E-state index contributed by atoms with van der Waals surface area (Å²) in [6, 6.07) is 10.3. The molecule has 4 saturated carbocycles. The van der Waals surface area contributed by atoms with Crippen LogP contribution in [0.4, 0.5) is 9.18 Å². The number of aryl methyl sites for hydroxylation is 1. The summed E-state index contributed by atoms with van der Waals surface area (Å²) >= 11 is 0. The summed E-state index contributed by atoms with van der Waals surface area (Å²) in [6.07, 6.45) is 12.5. The Hall–Kier alpha value is -4.46. The summed E-state index contributed by atoms with van der Waals surface area (Å²) in [5.74, 6) is 0.120. The van der Waals surface area contributed by atoms with Crippen LogP contribution in [0.15, 0.2) is 42.9 Å². The molecule has 51 heavy (non-hydrogen) atoms. The quantitative estimate of drug-likeness (QED) is 0.245. The van der Waals surface area contributed by atoms with Crippen molar-refractivity contribution < 1.29 is 23.5 Å². The van der Waals surface area contributed by atoms with Gasteiger partial charge in [0.2, 0.25) is 5.91 Å². The zero-order chi connectivity index (χ0) is 35.9. The number of fused-ring (bicyclic) bond motifs is 3. The van der Waals surface area contributed by atoms with Gasteiger partial charge in [0.25, 0.3) is 0 Å². The highest BCUT2D eigenvalue weighted by molar-refractivity contribution is 5.79. The fraction of sp³-hybridized carbons (Fsp3) is 0.575. The zero-order valence-corrected chi connectivity index (χ0v) is 30.2. The van der Waals surface area contributed by atoms with Crippen molar-refractivity contribution >= 4 is 12.0 Å². The van der Waals surface area contributed by atoms with Crippen LogP contribution in [0.25, 0.3) is 11.1 Å². The van der Waals surface area contributed by atoms with Crippen LogP contribution >= 0.6 is 0 Å². The number of carbonyl (C=O) groups is 2. The average molecular weight is 697 g/mol. The lowest BCUT2D eigenvalue weighted by atomic mass is 9.49. The molecular formula is C40H49FN6O4. The predicted octanol–water partition coefficient (Wildman–Crippen LogP) is 7.58. The molecule has 5 fully saturated rings. The highest BCUT2D eigenvalue weighted by Crippen LogP contribution is 2.62. The molecule has 4 aliphatic carbocycles. The molecule has 2 bridgehead atoms. The third-order valence-corrected chi connectivity index (χ3v) is 12.5. The summed E-state index contributed by atoms with van der Waals surface area (Å²) in [7, 11) is 1.71. The van der Waals surface area contributed by atoms with E-state index in [4.69, 9.17) is 14.7 Å². The smallest absolute Gasteiger partial charge is 0.410 e. The Balaban J connectivity index is 1.11. The maximum absolute atomic E-state index is 15.4. The topological polar surface area (TPSA) is 122 Å². The van der Waals surface area contributed by atoms with Gasteiger partial charge in [-0.1, -0.05) is 12.1 Å². The lowest BCUT2D eigenvalue weighted by Gasteiger charge is -2.56. The minimum atomic E-state index is -0.417. The number of nitrogens with zero attached hydrogens (tertiary/aromatic N) is 5. The van der Waals surface area contributed by atoms with Gasteiger partial charge in [-0.25, -0.2) is 9.18 Å². The number of rotatable bonds is 9. The molecule has 5 aliphatic rings. The van der Waals surface area contributed by atoms with Gasteiger partial charge < -0.3 is 19.7 Å². The largest absolute Gasteiger partial charge is 0.496 e. The van der Waals surface area contributed by atoms with Gasteiger partial charge in [0.1, 0.15) is 17.7 Å². The monoisotopic (exact) mass is 696 g/mol. The molecule has 1 saturated heterocycles. The molecule has 1 unspecified atom stereocenters. The van der Waals surface area contributed by atoms with Crippen molar-refractivity contribution in [1.29, 1.82) is 5.26 Å². The highest BCUT2D eigenvalue weighted by atomic mass is 19.1. The first-order valence-electron chi connectivity index (χ1n) is 18.5. The van der Waals surface area contributed by atoms with Gasteiger partial charge in [0.05, 0.1) is 43.2 Å². The third-order valence-electron chi connectivity index (χ3n) is 12.5. The van der Waals surface area contributed by atoms with Gasteiger partial charge in [0.15, 0.2) is 0 Å². The van der Waals surface area contributed by atoms with Gasteiger partial charge in [-0.3, -0.25) is 14.5 Å². The number of hydrogen-bond acceptors (Lipinski definition) is 7. The SMILES string of the molecule is COc1ccc(C23CCC(C(NC(=O)C4CCC(OC(=O)N5CC(C#N)C5)CC4)c4cc(-c5cnn(C(C)C)c5)c(F)cn4)(CC2)CC3)cc1C. The Bertz CT molecular complexity index is 1790. The number of aromatic nitrogens is 3. The van der Waals surface area contributed by atoms with Crippen LogP contribution in [-0.4, -0.2) is 58.0 Å². The maximum atomic E-state index is 15.4. The van der Waals surface area contributed by atoms with Crippen LogP contribution in [0, 0.1) is 41.3 Å².